The topological polar surface area (TPSA) is 21.3 Å². The van der Waals surface area contributed by atoms with Gasteiger partial charge in [-0.25, -0.2) is 0 Å². The van der Waals surface area contributed by atoms with Crippen molar-refractivity contribution in [3.8, 4) is 0 Å². The normalized spacial score (nSPS) is 28.2. The Morgan fingerprint density at radius 3 is 2.85 bits per heavy atom. The molecule has 0 aromatic rings. The van der Waals surface area contributed by atoms with Crippen molar-refractivity contribution in [2.45, 2.75) is 58.1 Å². The molecule has 0 aliphatic carbocycles. The number of ether oxygens (including phenoxy) is 1. The molecule has 1 heterocycles. The van der Waals surface area contributed by atoms with E-state index in [0.717, 1.165) is 19.2 Å². The molecule has 1 N–H and O–H groups in total. The van der Waals surface area contributed by atoms with E-state index >= 15 is 0 Å². The third-order valence-corrected chi connectivity index (χ3v) is 2.67. The molecule has 0 aromatic heterocycles. The van der Waals surface area contributed by atoms with Crippen molar-refractivity contribution in [1.29, 1.82) is 0 Å². The molecular weight excluding hydrogens is 162 g/mol. The second kappa shape index (κ2) is 6.39. The molecule has 0 aromatic carbocycles. The minimum atomic E-state index is 0.489. The summed E-state index contributed by atoms with van der Waals surface area (Å²) < 4.78 is 5.76. The van der Waals surface area contributed by atoms with Crippen molar-refractivity contribution < 1.29 is 4.74 Å². The summed E-state index contributed by atoms with van der Waals surface area (Å²) in [4.78, 5) is 0. The van der Waals surface area contributed by atoms with Gasteiger partial charge in [0.2, 0.25) is 0 Å². The van der Waals surface area contributed by atoms with Gasteiger partial charge in [0, 0.05) is 19.2 Å². The summed E-state index contributed by atoms with van der Waals surface area (Å²) in [5.41, 5.74) is 0. The van der Waals surface area contributed by atoms with Gasteiger partial charge in [-0.15, -0.1) is 0 Å². The first kappa shape index (κ1) is 11.0. The van der Waals surface area contributed by atoms with Crippen LogP contribution in [0.1, 0.15) is 46.0 Å². The Bertz CT molecular complexity index is 127. The van der Waals surface area contributed by atoms with Crippen molar-refractivity contribution in [2.75, 3.05) is 13.2 Å². The SMILES string of the molecule is CCCCO[C@@H]1CN[C@H](CCC)C1. The van der Waals surface area contributed by atoms with Crippen LogP contribution in [0.25, 0.3) is 0 Å². The molecule has 2 atom stereocenters. The summed E-state index contributed by atoms with van der Waals surface area (Å²) in [6.07, 6.45) is 6.72. The molecule has 1 fully saturated rings. The number of hydrogen-bond acceptors (Lipinski definition) is 2. The molecule has 0 unspecified atom stereocenters. The van der Waals surface area contributed by atoms with Crippen LogP contribution in [0, 0.1) is 0 Å². The molecule has 13 heavy (non-hydrogen) atoms. The smallest absolute Gasteiger partial charge is 0.0714 e. The standard InChI is InChI=1S/C11H23NO/c1-3-5-7-13-11-8-10(6-4-2)12-9-11/h10-12H,3-9H2,1-2H3/t10-,11+/m1/s1. The quantitative estimate of drug-likeness (QED) is 0.641. The zero-order valence-electron chi connectivity index (χ0n) is 9.01. The molecule has 0 spiro atoms. The number of hydrogen-bond donors (Lipinski definition) is 1. The third kappa shape index (κ3) is 4.10. The Balaban J connectivity index is 2.03. The maximum atomic E-state index is 5.76. The molecule has 0 saturated carbocycles. The average Bonchev–Trinajstić information content (AvgIpc) is 2.54. The number of nitrogens with one attached hydrogen (secondary N) is 1. The maximum absolute atomic E-state index is 5.76. The number of unbranched alkanes of at least 4 members (excludes halogenated alkanes) is 1. The Kier molecular flexibility index (Phi) is 5.40. The van der Waals surface area contributed by atoms with E-state index in [1.165, 1.54) is 32.1 Å². The first-order chi connectivity index (χ1) is 6.36. The molecule has 1 saturated heterocycles. The van der Waals surface area contributed by atoms with Gasteiger partial charge in [-0.2, -0.15) is 0 Å². The Morgan fingerprint density at radius 1 is 1.31 bits per heavy atom. The maximum Gasteiger partial charge on any atom is 0.0714 e. The summed E-state index contributed by atoms with van der Waals surface area (Å²) in [7, 11) is 0. The lowest BCUT2D eigenvalue weighted by atomic mass is 10.1. The summed E-state index contributed by atoms with van der Waals surface area (Å²) in [6, 6.07) is 0.719. The molecule has 1 rings (SSSR count). The van der Waals surface area contributed by atoms with Crippen LogP contribution in [0.2, 0.25) is 0 Å². The molecule has 2 nitrogen and oxygen atoms in total. The summed E-state index contributed by atoms with van der Waals surface area (Å²) in [5.74, 6) is 0. The molecule has 2 heteroatoms. The second-order valence-electron chi connectivity index (χ2n) is 3.98. The Labute approximate surface area is 82.0 Å². The van der Waals surface area contributed by atoms with Gasteiger partial charge in [-0.1, -0.05) is 26.7 Å². The van der Waals surface area contributed by atoms with Crippen LogP contribution in [0.5, 0.6) is 0 Å². The molecule has 1 aliphatic heterocycles. The fraction of sp³-hybridized carbons (Fsp3) is 1.00. The highest BCUT2D eigenvalue weighted by atomic mass is 16.5. The average molecular weight is 185 g/mol. The molecule has 0 bridgehead atoms. The van der Waals surface area contributed by atoms with E-state index in [1.807, 2.05) is 0 Å². The van der Waals surface area contributed by atoms with Crippen molar-refractivity contribution in [3.63, 3.8) is 0 Å². The zero-order valence-corrected chi connectivity index (χ0v) is 9.01. The minimum absolute atomic E-state index is 0.489. The van der Waals surface area contributed by atoms with Gasteiger partial charge in [0.1, 0.15) is 0 Å². The van der Waals surface area contributed by atoms with E-state index in [9.17, 15) is 0 Å². The first-order valence-electron chi connectivity index (χ1n) is 5.71. The third-order valence-electron chi connectivity index (χ3n) is 2.67. The predicted octanol–water partition coefficient (Wildman–Crippen LogP) is 2.33. The predicted molar refractivity (Wildman–Crippen MR) is 56.0 cm³/mol. The van der Waals surface area contributed by atoms with Crippen molar-refractivity contribution >= 4 is 0 Å². The van der Waals surface area contributed by atoms with Crippen LogP contribution in [-0.2, 0) is 4.74 Å². The van der Waals surface area contributed by atoms with Gasteiger partial charge in [0.05, 0.1) is 6.10 Å². The van der Waals surface area contributed by atoms with Crippen LogP contribution in [-0.4, -0.2) is 25.3 Å². The highest BCUT2D eigenvalue weighted by Gasteiger charge is 2.23. The summed E-state index contributed by atoms with van der Waals surface area (Å²) >= 11 is 0. The van der Waals surface area contributed by atoms with Crippen LogP contribution in [0.15, 0.2) is 0 Å². The highest BCUT2D eigenvalue weighted by Crippen LogP contribution is 2.14. The van der Waals surface area contributed by atoms with E-state index in [2.05, 4.69) is 19.2 Å². The van der Waals surface area contributed by atoms with Gasteiger partial charge < -0.3 is 10.1 Å². The molecular formula is C11H23NO. The highest BCUT2D eigenvalue weighted by molar-refractivity contribution is 4.81. The first-order valence-corrected chi connectivity index (χ1v) is 5.71. The van der Waals surface area contributed by atoms with Crippen molar-refractivity contribution in [3.05, 3.63) is 0 Å². The largest absolute Gasteiger partial charge is 0.377 e. The van der Waals surface area contributed by atoms with Crippen molar-refractivity contribution in [1.82, 2.24) is 5.32 Å². The molecule has 0 radical (unpaired) electrons. The van der Waals surface area contributed by atoms with E-state index < -0.39 is 0 Å². The lowest BCUT2D eigenvalue weighted by Gasteiger charge is -2.10. The number of rotatable bonds is 6. The van der Waals surface area contributed by atoms with Gasteiger partial charge >= 0.3 is 0 Å². The zero-order chi connectivity index (χ0) is 9.52. The molecule has 0 amide bonds. The van der Waals surface area contributed by atoms with Crippen LogP contribution < -0.4 is 5.32 Å². The van der Waals surface area contributed by atoms with E-state index in [0.29, 0.717) is 6.10 Å². The molecule has 78 valence electrons. The van der Waals surface area contributed by atoms with E-state index in [4.69, 9.17) is 4.74 Å². The lowest BCUT2D eigenvalue weighted by Crippen LogP contribution is -2.21. The summed E-state index contributed by atoms with van der Waals surface area (Å²) in [5, 5.41) is 3.51. The lowest BCUT2D eigenvalue weighted by molar-refractivity contribution is 0.0632. The van der Waals surface area contributed by atoms with E-state index in [1.54, 1.807) is 0 Å². The minimum Gasteiger partial charge on any atom is -0.377 e. The van der Waals surface area contributed by atoms with Gasteiger partial charge in [-0.3, -0.25) is 0 Å². The summed E-state index contributed by atoms with van der Waals surface area (Å²) in [6.45, 7) is 6.46. The van der Waals surface area contributed by atoms with E-state index in [-0.39, 0.29) is 0 Å². The monoisotopic (exact) mass is 185 g/mol. The molecule has 1 aliphatic rings. The van der Waals surface area contributed by atoms with Crippen LogP contribution >= 0.6 is 0 Å². The van der Waals surface area contributed by atoms with Gasteiger partial charge in [0.15, 0.2) is 0 Å². The van der Waals surface area contributed by atoms with Crippen LogP contribution in [0.4, 0.5) is 0 Å². The fourth-order valence-electron chi connectivity index (χ4n) is 1.87. The Hall–Kier alpha value is -0.0800. The Morgan fingerprint density at radius 2 is 2.15 bits per heavy atom. The van der Waals surface area contributed by atoms with Crippen molar-refractivity contribution in [2.24, 2.45) is 0 Å². The van der Waals surface area contributed by atoms with Gasteiger partial charge in [0.25, 0.3) is 0 Å². The second-order valence-corrected chi connectivity index (χ2v) is 3.98. The van der Waals surface area contributed by atoms with Gasteiger partial charge in [-0.05, 0) is 19.3 Å². The van der Waals surface area contributed by atoms with Crippen LogP contribution in [0.3, 0.4) is 0 Å². The fourth-order valence-corrected chi connectivity index (χ4v) is 1.87.